The van der Waals surface area contributed by atoms with Gasteiger partial charge in [-0.25, -0.2) is 0 Å². The lowest BCUT2D eigenvalue weighted by molar-refractivity contribution is -0.0424. The second-order valence-corrected chi connectivity index (χ2v) is 22.2. The van der Waals surface area contributed by atoms with Crippen molar-refractivity contribution in [3.05, 3.63) is 24.0 Å². The Hall–Kier alpha value is -1.68. The van der Waals surface area contributed by atoms with E-state index in [1.807, 2.05) is 4.68 Å². The van der Waals surface area contributed by atoms with Crippen molar-refractivity contribution >= 4 is 0 Å². The predicted octanol–water partition coefficient (Wildman–Crippen LogP) is 11.5. The van der Waals surface area contributed by atoms with E-state index in [0.29, 0.717) is 5.41 Å². The van der Waals surface area contributed by atoms with Gasteiger partial charge in [0.15, 0.2) is 0 Å². The van der Waals surface area contributed by atoms with Crippen molar-refractivity contribution in [2.75, 3.05) is 32.7 Å². The van der Waals surface area contributed by atoms with E-state index in [4.69, 9.17) is 6.42 Å². The number of unbranched alkanes of at least 4 members (excludes halogenated alkanes) is 1. The summed E-state index contributed by atoms with van der Waals surface area (Å²) in [5, 5.41) is 12.9. The number of aromatic nitrogens is 3. The highest BCUT2D eigenvalue weighted by Gasteiger charge is 2.49. The molecule has 53 heavy (non-hydrogen) atoms. The molecular weight excluding hydrogens is 649 g/mol. The summed E-state index contributed by atoms with van der Waals surface area (Å²) >= 11 is 0. The molecule has 1 rings (SSSR count). The molecule has 6 nitrogen and oxygen atoms in total. The number of hydrogen-bond donors (Lipinski definition) is 1. The van der Waals surface area contributed by atoms with Crippen LogP contribution in [0.2, 0.25) is 0 Å². The molecular formula is C47H90N6. The molecule has 0 saturated heterocycles. The van der Waals surface area contributed by atoms with Gasteiger partial charge in [-0.3, -0.25) is 14.5 Å². The van der Waals surface area contributed by atoms with Gasteiger partial charge in [-0.15, -0.1) is 24.0 Å². The Morgan fingerprint density at radius 3 is 1.79 bits per heavy atom. The number of rotatable bonds is 24. The molecule has 1 heterocycles. The quantitative estimate of drug-likeness (QED) is 0.0650. The van der Waals surface area contributed by atoms with Crippen LogP contribution in [0.5, 0.6) is 0 Å². The minimum Gasteiger partial charge on any atom is -0.311 e. The van der Waals surface area contributed by atoms with Gasteiger partial charge in [0.1, 0.15) is 0 Å². The summed E-state index contributed by atoms with van der Waals surface area (Å²) in [5.41, 5.74) is 2.96. The first-order valence-corrected chi connectivity index (χ1v) is 21.1. The van der Waals surface area contributed by atoms with Crippen molar-refractivity contribution in [2.45, 2.75) is 206 Å². The molecule has 0 amide bonds. The van der Waals surface area contributed by atoms with Crippen molar-refractivity contribution in [3.63, 3.8) is 0 Å². The van der Waals surface area contributed by atoms with Crippen molar-refractivity contribution < 1.29 is 0 Å². The molecule has 0 spiro atoms. The van der Waals surface area contributed by atoms with Crippen LogP contribution in [0.3, 0.4) is 0 Å². The van der Waals surface area contributed by atoms with Crippen LogP contribution in [-0.4, -0.2) is 74.1 Å². The Kier molecular flexibility index (Phi) is 17.7. The van der Waals surface area contributed by atoms with E-state index in [1.54, 1.807) is 0 Å². The van der Waals surface area contributed by atoms with Crippen LogP contribution < -0.4 is 5.32 Å². The van der Waals surface area contributed by atoms with Crippen LogP contribution in [0, 0.1) is 39.4 Å². The van der Waals surface area contributed by atoms with E-state index in [0.717, 1.165) is 89.9 Å². The Balaban J connectivity index is 3.21. The fourth-order valence-electron chi connectivity index (χ4n) is 7.20. The van der Waals surface area contributed by atoms with E-state index in [-0.39, 0.29) is 38.3 Å². The summed E-state index contributed by atoms with van der Waals surface area (Å²) in [6, 6.07) is 0. The third-order valence-electron chi connectivity index (χ3n) is 14.7. The zero-order valence-corrected chi connectivity index (χ0v) is 39.0. The van der Waals surface area contributed by atoms with E-state index >= 15 is 0 Å². The highest BCUT2D eigenvalue weighted by Crippen LogP contribution is 2.50. The molecule has 1 N–H and O–H groups in total. The highest BCUT2D eigenvalue weighted by atomic mass is 15.4. The maximum atomic E-state index is 5.79. The molecule has 0 aliphatic heterocycles. The maximum absolute atomic E-state index is 5.79. The number of aryl methyl sites for hydroxylation is 2. The van der Waals surface area contributed by atoms with E-state index in [9.17, 15) is 0 Å². The third kappa shape index (κ3) is 14.1. The molecule has 0 aliphatic rings. The van der Waals surface area contributed by atoms with E-state index < -0.39 is 0 Å². The summed E-state index contributed by atoms with van der Waals surface area (Å²) in [7, 11) is 0. The number of nitrogens with one attached hydrogen (secondary N) is 1. The lowest BCUT2D eigenvalue weighted by Gasteiger charge is -2.55. The lowest BCUT2D eigenvalue weighted by atomic mass is 9.57. The van der Waals surface area contributed by atoms with Crippen LogP contribution in [-0.2, 0) is 13.0 Å². The van der Waals surface area contributed by atoms with Gasteiger partial charge in [-0.2, -0.15) is 0 Å². The summed E-state index contributed by atoms with van der Waals surface area (Å²) in [6.45, 7) is 56.0. The largest absolute Gasteiger partial charge is 0.311 e. The number of hydrogen-bond acceptors (Lipinski definition) is 5. The summed E-state index contributed by atoms with van der Waals surface area (Å²) in [6.07, 6.45) is 16.1. The Bertz CT molecular complexity index is 1290. The fraction of sp³-hybridized carbons (Fsp3) is 0.872. The maximum Gasteiger partial charge on any atom is 0.0827 e. The van der Waals surface area contributed by atoms with E-state index in [2.05, 4.69) is 176 Å². The van der Waals surface area contributed by atoms with Crippen LogP contribution in [0.25, 0.3) is 0 Å². The van der Waals surface area contributed by atoms with Crippen molar-refractivity contribution in [2.24, 2.45) is 27.1 Å². The predicted molar refractivity (Wildman–Crippen MR) is 233 cm³/mol. The van der Waals surface area contributed by atoms with Gasteiger partial charge in [-0.05, 0) is 153 Å². The number of allylic oxidation sites excluding steroid dienone is 1. The van der Waals surface area contributed by atoms with Gasteiger partial charge in [0.25, 0.3) is 0 Å². The second-order valence-electron chi connectivity index (χ2n) is 22.2. The van der Waals surface area contributed by atoms with Crippen LogP contribution in [0.1, 0.15) is 182 Å². The van der Waals surface area contributed by atoms with Gasteiger partial charge in [0.05, 0.1) is 5.69 Å². The fourth-order valence-corrected chi connectivity index (χ4v) is 7.20. The molecule has 1 aromatic rings. The first kappa shape index (κ1) is 49.3. The standard InChI is InChI=1S/C47H90N6/c1-22-23-24-32-52(35-29-42(10,11)44(14,15)45(16,17)48-31-28-40(4,5)6)47(20,21)43(12,13)30-36-51(46(18,19)41(7,8)9)33-25-26-39-37-53(50-49-39)34-27-38(2)3/h1,37,48H,2,23-36H2,3-21H3. The molecule has 0 aliphatic carbocycles. The summed E-state index contributed by atoms with van der Waals surface area (Å²) in [5.74, 6) is 2.92. The molecule has 0 saturated carbocycles. The number of nitrogens with zero attached hydrogens (tertiary/aromatic N) is 5. The molecule has 308 valence electrons. The average molecular weight is 739 g/mol. The zero-order chi connectivity index (χ0) is 41.3. The first-order valence-electron chi connectivity index (χ1n) is 21.1. The van der Waals surface area contributed by atoms with Gasteiger partial charge in [-0.1, -0.05) is 93.9 Å². The topological polar surface area (TPSA) is 49.2 Å². The van der Waals surface area contributed by atoms with Gasteiger partial charge >= 0.3 is 0 Å². The third-order valence-corrected chi connectivity index (χ3v) is 14.7. The monoisotopic (exact) mass is 739 g/mol. The Morgan fingerprint density at radius 1 is 0.755 bits per heavy atom. The lowest BCUT2D eigenvalue weighted by Crippen LogP contribution is -2.60. The molecule has 0 bridgehead atoms. The molecule has 0 unspecified atom stereocenters. The Morgan fingerprint density at radius 2 is 1.28 bits per heavy atom. The molecule has 0 aromatic carbocycles. The molecule has 0 atom stereocenters. The average Bonchev–Trinajstić information content (AvgIpc) is 3.45. The smallest absolute Gasteiger partial charge is 0.0827 e. The number of terminal acetylenes is 1. The molecule has 1 aromatic heterocycles. The normalized spacial score (nSPS) is 14.3. The summed E-state index contributed by atoms with van der Waals surface area (Å²) < 4.78 is 1.97. The van der Waals surface area contributed by atoms with Gasteiger partial charge in [0.2, 0.25) is 0 Å². The second kappa shape index (κ2) is 19.0. The highest BCUT2D eigenvalue weighted by molar-refractivity contribution is 5.04. The van der Waals surface area contributed by atoms with Crippen molar-refractivity contribution in [3.8, 4) is 12.3 Å². The van der Waals surface area contributed by atoms with Gasteiger partial charge < -0.3 is 5.32 Å². The van der Waals surface area contributed by atoms with Gasteiger partial charge in [0, 0.05) is 35.8 Å². The first-order chi connectivity index (χ1) is 23.8. The zero-order valence-electron chi connectivity index (χ0n) is 39.0. The van der Waals surface area contributed by atoms with E-state index in [1.165, 1.54) is 12.0 Å². The van der Waals surface area contributed by atoms with Crippen LogP contribution in [0.4, 0.5) is 0 Å². The SMILES string of the molecule is C#CCCCN(CCC(C)(C)C(C)(C)C(C)(C)NCCC(C)(C)C)C(C)(C)C(C)(C)CCN(CCCc1cn(CCC(=C)C)nn1)C(C)(C)C(C)(C)C. The van der Waals surface area contributed by atoms with Crippen LogP contribution >= 0.6 is 0 Å². The minimum atomic E-state index is -0.0257. The Labute approximate surface area is 331 Å². The van der Waals surface area contributed by atoms with Crippen molar-refractivity contribution in [1.29, 1.82) is 0 Å². The van der Waals surface area contributed by atoms with Crippen molar-refractivity contribution in [1.82, 2.24) is 30.1 Å². The summed E-state index contributed by atoms with van der Waals surface area (Å²) in [4.78, 5) is 5.55. The minimum absolute atomic E-state index is 0.00463. The molecule has 6 heteroatoms. The molecule has 0 fully saturated rings. The van der Waals surface area contributed by atoms with Crippen LogP contribution in [0.15, 0.2) is 18.3 Å². The molecule has 0 radical (unpaired) electrons.